The van der Waals surface area contributed by atoms with Crippen molar-refractivity contribution in [2.75, 3.05) is 0 Å². The van der Waals surface area contributed by atoms with Gasteiger partial charge in [-0.05, 0) is 64.2 Å². The standard InChI is InChI=1S/C25H44O5/c1-4-5-6-7-10-13-20(26)16-17-22-21(23(27)18-24(22)28)14-11-8-9-12-15-25(29)30-19(2)3/h8,11,19,21-24,27-28H,4-7,9-10,12-18H2,1-3H3/b11-8-/t21-,22-,23+,24-/m0/s1/i1D3,4D2,5D2,6D2,7D2,10D2,13D2. The summed E-state index contributed by atoms with van der Waals surface area (Å²) < 4.78 is 123. The highest BCUT2D eigenvalue weighted by atomic mass is 16.5. The van der Waals surface area contributed by atoms with Crippen LogP contribution in [-0.4, -0.2) is 40.3 Å². The zero-order valence-corrected chi connectivity index (χ0v) is 17.6. The van der Waals surface area contributed by atoms with Gasteiger partial charge in [-0.1, -0.05) is 44.5 Å². The smallest absolute Gasteiger partial charge is 0.306 e. The summed E-state index contributed by atoms with van der Waals surface area (Å²) in [5, 5.41) is 21.0. The maximum absolute atomic E-state index is 13.0. The molecule has 2 N–H and O–H groups in total. The van der Waals surface area contributed by atoms with Gasteiger partial charge in [0.05, 0.1) is 18.3 Å². The molecule has 0 aromatic rings. The lowest BCUT2D eigenvalue weighted by atomic mass is 9.86. The number of allylic oxidation sites excluding steroid dienone is 2. The van der Waals surface area contributed by atoms with Gasteiger partial charge in [-0.2, -0.15) is 0 Å². The van der Waals surface area contributed by atoms with Crippen LogP contribution in [0.15, 0.2) is 12.2 Å². The first-order valence-corrected chi connectivity index (χ1v) is 10.3. The Labute approximate surface area is 204 Å². The van der Waals surface area contributed by atoms with Crippen molar-refractivity contribution < 1.29 is 45.1 Å². The zero-order valence-electron chi connectivity index (χ0n) is 32.6. The number of Topliss-reactive ketones (excluding diaryl/α,β-unsaturated/α-hetero) is 1. The van der Waals surface area contributed by atoms with Gasteiger partial charge in [-0.25, -0.2) is 0 Å². The van der Waals surface area contributed by atoms with E-state index in [4.69, 9.17) is 25.3 Å². The minimum absolute atomic E-state index is 0.0462. The van der Waals surface area contributed by atoms with Crippen LogP contribution in [0, 0.1) is 11.8 Å². The van der Waals surface area contributed by atoms with Gasteiger partial charge in [0, 0.05) is 39.8 Å². The van der Waals surface area contributed by atoms with Gasteiger partial charge in [0.25, 0.3) is 0 Å². The van der Waals surface area contributed by atoms with Gasteiger partial charge < -0.3 is 14.9 Å². The molecule has 0 aromatic heterocycles. The summed E-state index contributed by atoms with van der Waals surface area (Å²) in [5.74, 6) is -3.21. The number of aliphatic hydroxyl groups is 2. The zero-order chi connectivity index (χ0) is 35.6. The molecule has 1 aliphatic carbocycles. The molecule has 1 aliphatic rings. The summed E-state index contributed by atoms with van der Waals surface area (Å²) in [6, 6.07) is 0. The number of ether oxygens (including phenoxy) is 1. The molecule has 0 aromatic carbocycles. The predicted molar refractivity (Wildman–Crippen MR) is 120 cm³/mol. The molecular weight excluding hydrogens is 380 g/mol. The molecule has 0 heterocycles. The highest BCUT2D eigenvalue weighted by molar-refractivity contribution is 5.78. The van der Waals surface area contributed by atoms with E-state index in [1.165, 1.54) is 0 Å². The van der Waals surface area contributed by atoms with E-state index in [-0.39, 0.29) is 37.8 Å². The summed E-state index contributed by atoms with van der Waals surface area (Å²) in [5.41, 5.74) is 0. The van der Waals surface area contributed by atoms with E-state index in [1.807, 2.05) is 0 Å². The molecule has 1 rings (SSSR count). The summed E-state index contributed by atoms with van der Waals surface area (Å²) >= 11 is 0. The molecule has 0 bridgehead atoms. The number of unbranched alkanes of at least 4 members (excludes halogenated alkanes) is 1. The number of carbonyl (C=O) groups excluding carboxylic acids is 2. The van der Waals surface area contributed by atoms with E-state index in [2.05, 4.69) is 0 Å². The van der Waals surface area contributed by atoms with Crippen molar-refractivity contribution in [1.29, 1.82) is 0 Å². The number of carbonyl (C=O) groups is 2. The van der Waals surface area contributed by atoms with Gasteiger partial charge in [-0.15, -0.1) is 0 Å². The molecule has 0 radical (unpaired) electrons. The Morgan fingerprint density at radius 2 is 1.83 bits per heavy atom. The first kappa shape index (κ1) is 11.6. The van der Waals surface area contributed by atoms with Crippen molar-refractivity contribution >= 4 is 11.8 Å². The number of hydrogen-bond acceptors (Lipinski definition) is 5. The molecule has 30 heavy (non-hydrogen) atoms. The van der Waals surface area contributed by atoms with E-state index < -0.39 is 81.3 Å². The van der Waals surface area contributed by atoms with E-state index in [9.17, 15) is 19.8 Å². The molecule has 1 fully saturated rings. The molecule has 0 amide bonds. The van der Waals surface area contributed by atoms with E-state index >= 15 is 0 Å². The van der Waals surface area contributed by atoms with Crippen LogP contribution in [0.1, 0.15) is 124 Å². The van der Waals surface area contributed by atoms with Crippen LogP contribution < -0.4 is 0 Å². The third-order valence-electron chi connectivity index (χ3n) is 4.87. The molecule has 0 unspecified atom stereocenters. The Morgan fingerprint density at radius 1 is 1.10 bits per heavy atom. The first-order valence-electron chi connectivity index (χ1n) is 17.8. The van der Waals surface area contributed by atoms with Crippen molar-refractivity contribution in [1.82, 2.24) is 0 Å². The molecule has 5 nitrogen and oxygen atoms in total. The average Bonchev–Trinajstić information content (AvgIpc) is 3.14. The summed E-state index contributed by atoms with van der Waals surface area (Å²) in [7, 11) is 0. The van der Waals surface area contributed by atoms with Crippen LogP contribution in [0.5, 0.6) is 0 Å². The lowest BCUT2D eigenvalue weighted by Crippen LogP contribution is -2.22. The first-order chi connectivity index (χ1) is 20.0. The highest BCUT2D eigenvalue weighted by Crippen LogP contribution is 2.38. The van der Waals surface area contributed by atoms with Gasteiger partial charge in [-0.3, -0.25) is 9.59 Å². The second-order valence-electron chi connectivity index (χ2n) is 7.55. The Balaban J connectivity index is 3.07. The number of ketones is 1. The molecule has 4 atom stereocenters. The normalized spacial score (nSPS) is 34.8. The summed E-state index contributed by atoms with van der Waals surface area (Å²) in [4.78, 5) is 24.7. The molecule has 174 valence electrons. The number of hydrogen-bond donors (Lipinski definition) is 2. The third kappa shape index (κ3) is 11.3. The minimum atomic E-state index is -4.31. The quantitative estimate of drug-likeness (QED) is 0.198. The average molecular weight is 440 g/mol. The lowest BCUT2D eigenvalue weighted by molar-refractivity contribution is -0.147. The SMILES string of the molecule is [2H]C([2H])([2H])C([2H])([2H])C([2H])([2H])C([2H])([2H])C([2H])([2H])C([2H])([2H])C([2H])([2H])C(=O)CC[C@H]1[C@H](C/C=C\CCCC(=O)OC(C)C)[C@H](O)C[C@@H]1O. The lowest BCUT2D eigenvalue weighted by Gasteiger charge is -2.22. The number of aliphatic hydroxyl groups excluding tert-OH is 2. The predicted octanol–water partition coefficient (Wildman–Crippen LogP) is 5.12. The van der Waals surface area contributed by atoms with Crippen molar-refractivity contribution in [2.45, 2.75) is 122 Å². The Bertz CT molecular complexity index is 1060. The largest absolute Gasteiger partial charge is 0.463 e. The summed E-state index contributed by atoms with van der Waals surface area (Å²) in [6.07, 6.45) is -23.2. The van der Waals surface area contributed by atoms with Crippen LogP contribution in [0.4, 0.5) is 0 Å². The van der Waals surface area contributed by atoms with Crippen molar-refractivity contribution in [2.24, 2.45) is 11.8 Å². The van der Waals surface area contributed by atoms with Crippen molar-refractivity contribution in [3.8, 4) is 0 Å². The molecule has 0 spiro atoms. The molecular formula is C25H44O5. The fraction of sp³-hybridized carbons (Fsp3) is 0.840. The van der Waals surface area contributed by atoms with Crippen molar-refractivity contribution in [3.63, 3.8) is 0 Å². The number of esters is 1. The minimum Gasteiger partial charge on any atom is -0.463 e. The Morgan fingerprint density at radius 3 is 2.57 bits per heavy atom. The molecule has 1 saturated carbocycles. The Hall–Kier alpha value is -1.20. The summed E-state index contributed by atoms with van der Waals surface area (Å²) in [6.45, 7) is -0.346. The topological polar surface area (TPSA) is 83.8 Å². The maximum Gasteiger partial charge on any atom is 0.306 e. The monoisotopic (exact) mass is 439 g/mol. The molecule has 0 aliphatic heterocycles. The Kier molecular flexibility index (Phi) is 6.03. The molecule has 5 heteroatoms. The van der Waals surface area contributed by atoms with Crippen LogP contribution >= 0.6 is 0 Å². The second kappa shape index (κ2) is 15.6. The fourth-order valence-electron chi connectivity index (χ4n) is 3.52. The van der Waals surface area contributed by atoms with E-state index in [0.717, 1.165) is 0 Å². The fourth-order valence-corrected chi connectivity index (χ4v) is 3.52. The van der Waals surface area contributed by atoms with Gasteiger partial charge in [0.1, 0.15) is 5.78 Å². The second-order valence-corrected chi connectivity index (χ2v) is 7.55. The van der Waals surface area contributed by atoms with Gasteiger partial charge in [0.15, 0.2) is 0 Å². The maximum atomic E-state index is 13.0. The molecule has 0 saturated heterocycles. The van der Waals surface area contributed by atoms with Crippen LogP contribution in [0.2, 0.25) is 0 Å². The third-order valence-corrected chi connectivity index (χ3v) is 4.87. The van der Waals surface area contributed by atoms with E-state index in [1.54, 1.807) is 26.0 Å². The van der Waals surface area contributed by atoms with Crippen molar-refractivity contribution in [3.05, 3.63) is 12.2 Å². The van der Waals surface area contributed by atoms with Gasteiger partial charge in [0.2, 0.25) is 0 Å². The van der Waals surface area contributed by atoms with Crippen LogP contribution in [0.3, 0.4) is 0 Å². The van der Waals surface area contributed by atoms with Gasteiger partial charge >= 0.3 is 5.97 Å². The number of rotatable bonds is 16. The van der Waals surface area contributed by atoms with Crippen LogP contribution in [-0.2, 0) is 14.3 Å². The van der Waals surface area contributed by atoms with E-state index in [0.29, 0.717) is 12.8 Å². The highest BCUT2D eigenvalue weighted by Gasteiger charge is 2.40. The van der Waals surface area contributed by atoms with Crippen LogP contribution in [0.25, 0.3) is 0 Å².